The highest BCUT2D eigenvalue weighted by molar-refractivity contribution is 5.93. The lowest BCUT2D eigenvalue weighted by Gasteiger charge is -2.35. The summed E-state index contributed by atoms with van der Waals surface area (Å²) in [5.74, 6) is -2.64. The summed E-state index contributed by atoms with van der Waals surface area (Å²) >= 11 is 0. The highest BCUT2D eigenvalue weighted by atomic mass is 16.6. The van der Waals surface area contributed by atoms with Crippen molar-refractivity contribution < 1.29 is 19.4 Å². The Morgan fingerprint density at radius 1 is 1.41 bits per heavy atom. The average molecular weight is 240 g/mol. The van der Waals surface area contributed by atoms with Crippen molar-refractivity contribution >= 4 is 11.9 Å². The molecule has 0 aliphatic heterocycles. The zero-order chi connectivity index (χ0) is 13.1. The van der Waals surface area contributed by atoms with Gasteiger partial charge in [0.25, 0.3) is 0 Å². The predicted octanol–water partition coefficient (Wildman–Crippen LogP) is 2.39. The Morgan fingerprint density at radius 3 is 2.53 bits per heavy atom. The zero-order valence-electron chi connectivity index (χ0n) is 10.6. The van der Waals surface area contributed by atoms with Crippen molar-refractivity contribution in [1.29, 1.82) is 0 Å². The van der Waals surface area contributed by atoms with E-state index in [0.717, 1.165) is 19.3 Å². The van der Waals surface area contributed by atoms with Gasteiger partial charge in [-0.3, -0.25) is 9.59 Å². The monoisotopic (exact) mass is 240 g/mol. The van der Waals surface area contributed by atoms with E-state index in [9.17, 15) is 9.59 Å². The van der Waals surface area contributed by atoms with Crippen LogP contribution in [0.2, 0.25) is 0 Å². The van der Waals surface area contributed by atoms with Crippen LogP contribution in [0.5, 0.6) is 0 Å². The lowest BCUT2D eigenvalue weighted by molar-refractivity contribution is -0.171. The second-order valence-electron chi connectivity index (χ2n) is 5.07. The molecule has 0 heterocycles. The van der Waals surface area contributed by atoms with Crippen molar-refractivity contribution in [1.82, 2.24) is 0 Å². The molecule has 0 fully saturated rings. The summed E-state index contributed by atoms with van der Waals surface area (Å²) < 4.78 is 5.35. The van der Waals surface area contributed by atoms with Crippen molar-refractivity contribution in [2.24, 2.45) is 11.8 Å². The highest BCUT2D eigenvalue weighted by Crippen LogP contribution is 2.32. The molecule has 0 spiro atoms. The maximum atomic E-state index is 11.6. The molecule has 0 aromatic heterocycles. The third kappa shape index (κ3) is 3.58. The Morgan fingerprint density at radius 2 is 2.06 bits per heavy atom. The molecule has 2 atom stereocenters. The van der Waals surface area contributed by atoms with Crippen LogP contribution < -0.4 is 0 Å². The molecule has 0 bridgehead atoms. The Hall–Kier alpha value is -1.32. The first-order chi connectivity index (χ1) is 7.84. The summed E-state index contributed by atoms with van der Waals surface area (Å²) in [4.78, 5) is 22.3. The van der Waals surface area contributed by atoms with E-state index >= 15 is 0 Å². The van der Waals surface area contributed by atoms with Gasteiger partial charge in [-0.1, -0.05) is 12.2 Å². The SMILES string of the molecule is CC(C(=O)O)C(=O)OC(C)(C)C1CC=CCC1. The van der Waals surface area contributed by atoms with E-state index < -0.39 is 23.5 Å². The van der Waals surface area contributed by atoms with Gasteiger partial charge in [-0.15, -0.1) is 0 Å². The average Bonchev–Trinajstić information content (AvgIpc) is 2.28. The molecule has 0 aromatic rings. The van der Waals surface area contributed by atoms with Crippen LogP contribution in [0, 0.1) is 11.8 Å². The number of carbonyl (C=O) groups excluding carboxylic acids is 1. The lowest BCUT2D eigenvalue weighted by atomic mass is 9.81. The molecule has 4 nitrogen and oxygen atoms in total. The van der Waals surface area contributed by atoms with E-state index in [0.29, 0.717) is 0 Å². The summed E-state index contributed by atoms with van der Waals surface area (Å²) in [7, 11) is 0. The Labute approximate surface area is 102 Å². The van der Waals surface area contributed by atoms with Crippen LogP contribution in [0.4, 0.5) is 0 Å². The fourth-order valence-corrected chi connectivity index (χ4v) is 1.96. The first kappa shape index (κ1) is 13.7. The van der Waals surface area contributed by atoms with Crippen molar-refractivity contribution in [2.75, 3.05) is 0 Å². The van der Waals surface area contributed by atoms with E-state index in [1.807, 2.05) is 13.8 Å². The van der Waals surface area contributed by atoms with Gasteiger partial charge < -0.3 is 9.84 Å². The molecule has 0 saturated carbocycles. The van der Waals surface area contributed by atoms with Gasteiger partial charge in [0, 0.05) is 5.92 Å². The number of allylic oxidation sites excluding steroid dienone is 2. The van der Waals surface area contributed by atoms with E-state index in [4.69, 9.17) is 9.84 Å². The molecule has 4 heteroatoms. The zero-order valence-corrected chi connectivity index (χ0v) is 10.6. The summed E-state index contributed by atoms with van der Waals surface area (Å²) in [6.07, 6.45) is 7.04. The van der Waals surface area contributed by atoms with Crippen LogP contribution >= 0.6 is 0 Å². The van der Waals surface area contributed by atoms with Crippen LogP contribution in [0.1, 0.15) is 40.0 Å². The minimum Gasteiger partial charge on any atom is -0.481 e. The third-order valence-corrected chi connectivity index (χ3v) is 3.34. The van der Waals surface area contributed by atoms with E-state index in [2.05, 4.69) is 12.2 Å². The number of ether oxygens (including phenoxy) is 1. The van der Waals surface area contributed by atoms with Crippen molar-refractivity contribution in [3.05, 3.63) is 12.2 Å². The van der Waals surface area contributed by atoms with Gasteiger partial charge in [0.15, 0.2) is 5.92 Å². The molecule has 0 saturated heterocycles. The topological polar surface area (TPSA) is 63.6 Å². The summed E-state index contributed by atoms with van der Waals surface area (Å²) in [5.41, 5.74) is -0.606. The maximum Gasteiger partial charge on any atom is 0.320 e. The highest BCUT2D eigenvalue weighted by Gasteiger charge is 2.35. The van der Waals surface area contributed by atoms with Crippen LogP contribution in [0.15, 0.2) is 12.2 Å². The van der Waals surface area contributed by atoms with Gasteiger partial charge in [0.2, 0.25) is 0 Å². The van der Waals surface area contributed by atoms with Gasteiger partial charge in [0.1, 0.15) is 5.60 Å². The number of hydrogen-bond acceptors (Lipinski definition) is 3. The van der Waals surface area contributed by atoms with Crippen molar-refractivity contribution in [2.45, 2.75) is 45.6 Å². The van der Waals surface area contributed by atoms with Gasteiger partial charge >= 0.3 is 11.9 Å². The third-order valence-electron chi connectivity index (χ3n) is 3.34. The molecule has 1 aliphatic carbocycles. The second-order valence-corrected chi connectivity index (χ2v) is 5.07. The minimum atomic E-state index is -1.14. The quantitative estimate of drug-likeness (QED) is 0.465. The number of carbonyl (C=O) groups is 2. The van der Waals surface area contributed by atoms with E-state index in [1.165, 1.54) is 6.92 Å². The maximum absolute atomic E-state index is 11.6. The Bertz CT molecular complexity index is 330. The summed E-state index contributed by atoms with van der Waals surface area (Å²) in [6, 6.07) is 0. The molecular formula is C13H20O4. The molecule has 17 heavy (non-hydrogen) atoms. The molecule has 0 aromatic carbocycles. The van der Waals surface area contributed by atoms with Crippen LogP contribution in [0.3, 0.4) is 0 Å². The van der Waals surface area contributed by atoms with Crippen LogP contribution in [-0.4, -0.2) is 22.6 Å². The predicted molar refractivity (Wildman–Crippen MR) is 63.5 cm³/mol. The molecule has 0 amide bonds. The number of carboxylic acids is 1. The standard InChI is InChI=1S/C13H20O4/c1-9(11(14)15)12(16)17-13(2,3)10-7-5-4-6-8-10/h4-5,9-10H,6-8H2,1-3H3,(H,14,15). The molecule has 2 unspecified atom stereocenters. The van der Waals surface area contributed by atoms with Crippen molar-refractivity contribution in [3.8, 4) is 0 Å². The lowest BCUT2D eigenvalue weighted by Crippen LogP contribution is -2.39. The van der Waals surface area contributed by atoms with Crippen LogP contribution in [-0.2, 0) is 14.3 Å². The molecular weight excluding hydrogens is 220 g/mol. The molecule has 1 aliphatic rings. The molecule has 1 N–H and O–H groups in total. The number of esters is 1. The normalized spacial score (nSPS) is 21.9. The largest absolute Gasteiger partial charge is 0.481 e. The Kier molecular flexibility index (Phi) is 4.32. The Balaban J connectivity index is 2.62. The van der Waals surface area contributed by atoms with Crippen LogP contribution in [0.25, 0.3) is 0 Å². The second kappa shape index (κ2) is 5.34. The minimum absolute atomic E-state index is 0.262. The molecule has 96 valence electrons. The molecule has 0 radical (unpaired) electrons. The summed E-state index contributed by atoms with van der Waals surface area (Å²) in [6.45, 7) is 5.05. The first-order valence-electron chi connectivity index (χ1n) is 5.95. The fraction of sp³-hybridized carbons (Fsp3) is 0.692. The smallest absolute Gasteiger partial charge is 0.320 e. The number of aliphatic carboxylic acids is 1. The number of rotatable bonds is 4. The van der Waals surface area contributed by atoms with E-state index in [-0.39, 0.29) is 5.92 Å². The summed E-state index contributed by atoms with van der Waals surface area (Å²) in [5, 5.41) is 8.75. The van der Waals surface area contributed by atoms with Crippen molar-refractivity contribution in [3.63, 3.8) is 0 Å². The fourth-order valence-electron chi connectivity index (χ4n) is 1.96. The number of hydrogen-bond donors (Lipinski definition) is 1. The van der Waals surface area contributed by atoms with E-state index in [1.54, 1.807) is 0 Å². The number of carboxylic acid groups (broad SMARTS) is 1. The molecule has 1 rings (SSSR count). The van der Waals surface area contributed by atoms with Gasteiger partial charge in [-0.25, -0.2) is 0 Å². The first-order valence-corrected chi connectivity index (χ1v) is 5.95. The van der Waals surface area contributed by atoms with Gasteiger partial charge in [-0.05, 0) is 40.0 Å². The van der Waals surface area contributed by atoms with Gasteiger partial charge in [0.05, 0.1) is 0 Å². The van der Waals surface area contributed by atoms with Gasteiger partial charge in [-0.2, -0.15) is 0 Å².